The van der Waals surface area contributed by atoms with E-state index >= 15 is 4.39 Å². The second-order valence-electron chi connectivity index (χ2n) is 14.1. The highest BCUT2D eigenvalue weighted by molar-refractivity contribution is 6.00. The summed E-state index contributed by atoms with van der Waals surface area (Å²) in [5.74, 6) is -1.24. The van der Waals surface area contributed by atoms with Crippen LogP contribution in [0.3, 0.4) is 0 Å². The molecule has 0 fully saturated rings. The van der Waals surface area contributed by atoms with Crippen molar-refractivity contribution in [2.24, 2.45) is 0 Å². The molecule has 6 rings (SSSR count). The summed E-state index contributed by atoms with van der Waals surface area (Å²) in [4.78, 5) is 29.0. The average molecular weight is 734 g/mol. The van der Waals surface area contributed by atoms with Gasteiger partial charge in [-0.15, -0.1) is 0 Å². The van der Waals surface area contributed by atoms with Gasteiger partial charge in [-0.25, -0.2) is 18.4 Å². The van der Waals surface area contributed by atoms with E-state index in [0.29, 0.717) is 29.6 Å². The summed E-state index contributed by atoms with van der Waals surface area (Å²) < 4.78 is 69.3. The first-order chi connectivity index (χ1) is 25.1. The minimum atomic E-state index is -4.44. The number of hydrogen-bond donors (Lipinski definition) is 0. The van der Waals surface area contributed by atoms with Crippen molar-refractivity contribution in [3.8, 4) is 16.9 Å². The number of likely N-dealkylation sites (N-methyl/N-ethyl adjacent to an activating group) is 1. The first-order valence-corrected chi connectivity index (χ1v) is 17.5. The van der Waals surface area contributed by atoms with Gasteiger partial charge in [0.25, 0.3) is 0 Å². The van der Waals surface area contributed by atoms with Crippen molar-refractivity contribution in [2.45, 2.75) is 72.3 Å². The fourth-order valence-corrected chi connectivity index (χ4v) is 7.16. The van der Waals surface area contributed by atoms with Gasteiger partial charge in [0.05, 0.1) is 40.2 Å². The zero-order valence-electron chi connectivity index (χ0n) is 30.9. The van der Waals surface area contributed by atoms with E-state index in [2.05, 4.69) is 30.9 Å². The van der Waals surface area contributed by atoms with E-state index in [1.54, 1.807) is 38.1 Å². The molecule has 3 heterocycles. The molecule has 0 N–H and O–H groups in total. The monoisotopic (exact) mass is 733 g/mol. The maximum absolute atomic E-state index is 15.7. The third-order valence-corrected chi connectivity index (χ3v) is 10.0. The summed E-state index contributed by atoms with van der Waals surface area (Å²) in [5, 5.41) is 5.74. The lowest BCUT2D eigenvalue weighted by molar-refractivity contribution is -0.152. The molecule has 5 aromatic rings. The number of nitrogens with zero attached hydrogens (tertiary/aromatic N) is 5. The van der Waals surface area contributed by atoms with Crippen molar-refractivity contribution in [1.82, 2.24) is 24.1 Å². The van der Waals surface area contributed by atoms with Gasteiger partial charge >= 0.3 is 18.2 Å². The predicted octanol–water partition coefficient (Wildman–Crippen LogP) is 8.38. The van der Waals surface area contributed by atoms with Crippen molar-refractivity contribution in [3.05, 3.63) is 106 Å². The molecule has 0 saturated carbocycles. The molecule has 53 heavy (non-hydrogen) atoms. The lowest BCUT2D eigenvalue weighted by Crippen LogP contribution is -2.36. The summed E-state index contributed by atoms with van der Waals surface area (Å²) >= 11 is 0. The van der Waals surface area contributed by atoms with Gasteiger partial charge in [-0.3, -0.25) is 14.6 Å². The summed E-state index contributed by atoms with van der Waals surface area (Å²) in [7, 11) is 3.40. The Bertz CT molecular complexity index is 2180. The van der Waals surface area contributed by atoms with E-state index in [4.69, 9.17) is 14.6 Å². The average Bonchev–Trinajstić information content (AvgIpc) is 3.77. The lowest BCUT2D eigenvalue weighted by atomic mass is 9.96. The van der Waals surface area contributed by atoms with Crippen molar-refractivity contribution >= 4 is 23.0 Å². The van der Waals surface area contributed by atoms with Crippen LogP contribution < -0.4 is 0 Å². The van der Waals surface area contributed by atoms with Gasteiger partial charge < -0.3 is 9.47 Å². The second-order valence-corrected chi connectivity index (χ2v) is 14.1. The number of carbonyl (C=O) groups excluding carboxylic acids is 2. The molecular formula is C40H43F4N5O4. The van der Waals surface area contributed by atoms with Crippen LogP contribution in [-0.2, 0) is 51.9 Å². The van der Waals surface area contributed by atoms with E-state index < -0.39 is 42.0 Å². The number of para-hydroxylation sites is 1. The molecule has 0 atom stereocenters. The van der Waals surface area contributed by atoms with Crippen molar-refractivity contribution < 1.29 is 36.6 Å². The molecule has 1 aliphatic rings. The zero-order valence-corrected chi connectivity index (χ0v) is 30.9. The van der Waals surface area contributed by atoms with Gasteiger partial charge in [-0.1, -0.05) is 38.1 Å². The Balaban J connectivity index is 1.47. The van der Waals surface area contributed by atoms with Gasteiger partial charge in [-0.2, -0.15) is 18.3 Å². The number of alkyl halides is 3. The standard InChI is InChI=1S/C40H43F4N5O4/c1-8-25-11-10-12-26(9-2)34(25)49-35(29-15-16-32(41)36-30(29)17-18-48(36)38(51)53-23-52-33(50)22-46(6)7)31-21-47(39(4,5)37(31)45-49)20-27-13-14-28(19-24(27)3)40(42,43)44/h10-19H,8-9,20-23H2,1-7H3. The topological polar surface area (TPSA) is 81.8 Å². The number of hydrogen-bond acceptors (Lipinski definition) is 7. The van der Waals surface area contributed by atoms with Gasteiger partial charge in [-0.05, 0) is 100 Å². The van der Waals surface area contributed by atoms with E-state index in [0.717, 1.165) is 62.8 Å². The number of aryl methyl sites for hydroxylation is 3. The Labute approximate surface area is 305 Å². The molecule has 0 radical (unpaired) electrons. The Morgan fingerprint density at radius 1 is 0.962 bits per heavy atom. The number of carbonyl (C=O) groups is 2. The number of ether oxygens (including phenoxy) is 2. The van der Waals surface area contributed by atoms with Crippen LogP contribution in [0.2, 0.25) is 0 Å². The molecule has 0 saturated heterocycles. The molecule has 13 heteroatoms. The van der Waals surface area contributed by atoms with E-state index in [9.17, 15) is 22.8 Å². The molecule has 9 nitrogen and oxygen atoms in total. The quantitative estimate of drug-likeness (QED) is 0.0811. The Hall–Kier alpha value is -5.01. The number of benzene rings is 3. The number of fused-ring (bicyclic) bond motifs is 2. The largest absolute Gasteiger partial charge is 0.427 e. The van der Waals surface area contributed by atoms with Gasteiger partial charge in [0, 0.05) is 35.8 Å². The molecule has 280 valence electrons. The minimum absolute atomic E-state index is 0.000915. The van der Waals surface area contributed by atoms with Gasteiger partial charge in [0.15, 0.2) is 0 Å². The maximum atomic E-state index is 15.7. The fraction of sp³-hybridized carbons (Fsp3) is 0.375. The van der Waals surface area contributed by atoms with Crippen molar-refractivity contribution in [2.75, 3.05) is 27.4 Å². The van der Waals surface area contributed by atoms with Crippen LogP contribution in [0.5, 0.6) is 0 Å². The minimum Gasteiger partial charge on any atom is -0.427 e. The highest BCUT2D eigenvalue weighted by Gasteiger charge is 2.44. The first kappa shape index (κ1) is 37.7. The van der Waals surface area contributed by atoms with Crippen LogP contribution in [-0.4, -0.2) is 63.6 Å². The number of esters is 1. The number of halogens is 4. The van der Waals surface area contributed by atoms with E-state index in [1.165, 1.54) is 24.4 Å². The molecule has 3 aromatic carbocycles. The highest BCUT2D eigenvalue weighted by atomic mass is 19.4. The smallest absolute Gasteiger partial charge is 0.421 e. The highest BCUT2D eigenvalue weighted by Crippen LogP contribution is 2.47. The summed E-state index contributed by atoms with van der Waals surface area (Å²) in [6, 6.07) is 14.6. The molecule has 1 aliphatic heterocycles. The van der Waals surface area contributed by atoms with Crippen LogP contribution in [0.1, 0.15) is 66.8 Å². The van der Waals surface area contributed by atoms with Crippen molar-refractivity contribution in [3.63, 3.8) is 0 Å². The fourth-order valence-electron chi connectivity index (χ4n) is 7.16. The zero-order chi connectivity index (χ0) is 38.4. The van der Waals surface area contributed by atoms with Crippen LogP contribution in [0, 0.1) is 12.7 Å². The van der Waals surface area contributed by atoms with Crippen LogP contribution in [0.25, 0.3) is 27.8 Å². The van der Waals surface area contributed by atoms with Gasteiger partial charge in [0.2, 0.25) is 6.79 Å². The Kier molecular flexibility index (Phi) is 10.3. The summed E-state index contributed by atoms with van der Waals surface area (Å²) in [6.07, 6.45) is -2.47. The molecule has 0 spiro atoms. The Morgan fingerprint density at radius 3 is 2.28 bits per heavy atom. The van der Waals surface area contributed by atoms with Crippen LogP contribution in [0.15, 0.2) is 60.8 Å². The number of rotatable bonds is 10. The Morgan fingerprint density at radius 2 is 1.66 bits per heavy atom. The van der Waals surface area contributed by atoms with Crippen molar-refractivity contribution in [1.29, 1.82) is 0 Å². The second kappa shape index (κ2) is 14.4. The first-order valence-electron chi connectivity index (χ1n) is 17.5. The summed E-state index contributed by atoms with van der Waals surface area (Å²) in [5.41, 5.74) is 6.08. The number of aromatic nitrogens is 3. The van der Waals surface area contributed by atoms with E-state index in [-0.39, 0.29) is 12.1 Å². The third kappa shape index (κ3) is 7.07. The van der Waals surface area contributed by atoms with Crippen LogP contribution in [0.4, 0.5) is 22.4 Å². The molecule has 2 aromatic heterocycles. The van der Waals surface area contributed by atoms with Crippen LogP contribution >= 0.6 is 0 Å². The third-order valence-electron chi connectivity index (χ3n) is 10.0. The molecule has 0 aliphatic carbocycles. The molecule has 0 amide bonds. The molecule has 0 bridgehead atoms. The predicted molar refractivity (Wildman–Crippen MR) is 193 cm³/mol. The SMILES string of the molecule is CCc1cccc(CC)c1-n1nc2c(c1-c1ccc(F)c3c1ccn3C(=O)OCOC(=O)CN(C)C)CN(Cc1ccc(C(F)(F)F)cc1C)C2(C)C. The normalized spacial score (nSPS) is 14.3. The lowest BCUT2D eigenvalue weighted by Gasteiger charge is -2.32. The molecular weight excluding hydrogens is 690 g/mol. The van der Waals surface area contributed by atoms with E-state index in [1.807, 2.05) is 24.6 Å². The summed E-state index contributed by atoms with van der Waals surface area (Å²) in [6.45, 7) is 10.1. The van der Waals surface area contributed by atoms with Gasteiger partial charge in [0.1, 0.15) is 5.82 Å². The maximum Gasteiger partial charge on any atom is 0.421 e. The molecule has 0 unspecified atom stereocenters.